The summed E-state index contributed by atoms with van der Waals surface area (Å²) in [7, 11) is 6.20. The molecule has 2 aromatic rings. The Kier molecular flexibility index (Phi) is 7.73. The van der Waals surface area contributed by atoms with Crippen LogP contribution in [-0.2, 0) is 20.8 Å². The van der Waals surface area contributed by atoms with Crippen LogP contribution in [-0.4, -0.2) is 61.5 Å². The van der Waals surface area contributed by atoms with Crippen molar-refractivity contribution in [3.63, 3.8) is 0 Å². The van der Waals surface area contributed by atoms with E-state index in [2.05, 4.69) is 14.9 Å². The number of rotatable bonds is 10. The van der Waals surface area contributed by atoms with Crippen molar-refractivity contribution in [2.24, 2.45) is 0 Å². The van der Waals surface area contributed by atoms with Gasteiger partial charge in [-0.3, -0.25) is 4.79 Å². The van der Waals surface area contributed by atoms with Crippen LogP contribution in [0.2, 0.25) is 0 Å². The number of methoxy groups -OCH3 is 4. The van der Waals surface area contributed by atoms with Crippen molar-refractivity contribution < 1.29 is 23.7 Å². The molecular formula is C17H23N3O5S. The molecule has 0 amide bonds. The first-order valence-electron chi connectivity index (χ1n) is 7.98. The summed E-state index contributed by atoms with van der Waals surface area (Å²) < 4.78 is 22.4. The first-order valence-corrected chi connectivity index (χ1v) is 8.97. The average molecular weight is 381 g/mol. The van der Waals surface area contributed by atoms with E-state index < -0.39 is 0 Å². The molecule has 0 unspecified atom stereocenters. The zero-order chi connectivity index (χ0) is 18.9. The molecule has 0 aliphatic heterocycles. The second-order valence-electron chi connectivity index (χ2n) is 5.24. The minimum absolute atomic E-state index is 0.171. The van der Waals surface area contributed by atoms with Crippen molar-refractivity contribution in [2.45, 2.75) is 18.1 Å². The lowest BCUT2D eigenvalue weighted by Crippen LogP contribution is -2.08. The van der Waals surface area contributed by atoms with Gasteiger partial charge in [0.15, 0.2) is 22.5 Å². The van der Waals surface area contributed by atoms with Crippen molar-refractivity contribution in [1.29, 1.82) is 0 Å². The number of hydrogen-bond donors (Lipinski definition) is 0. The van der Waals surface area contributed by atoms with Crippen LogP contribution < -0.4 is 9.47 Å². The molecule has 9 heteroatoms. The molecule has 0 N–H and O–H groups in total. The fraction of sp³-hybridized carbons (Fsp3) is 0.471. The summed E-state index contributed by atoms with van der Waals surface area (Å²) in [6.07, 6.45) is 0.792. The molecular weight excluding hydrogens is 358 g/mol. The zero-order valence-corrected chi connectivity index (χ0v) is 16.2. The molecule has 0 bridgehead atoms. The molecule has 1 heterocycles. The van der Waals surface area contributed by atoms with Gasteiger partial charge in [0.1, 0.15) is 0 Å². The highest BCUT2D eigenvalue weighted by Gasteiger charge is 2.17. The van der Waals surface area contributed by atoms with E-state index in [1.165, 1.54) is 18.9 Å². The third-order valence-corrected chi connectivity index (χ3v) is 4.58. The SMILES string of the molecule is COCCCn1c(SCC(=O)OC)nnc1-c1ccc(OC)c(OC)c1. The molecule has 0 radical (unpaired) electrons. The van der Waals surface area contributed by atoms with Crippen LogP contribution >= 0.6 is 11.8 Å². The first kappa shape index (κ1) is 20.1. The minimum atomic E-state index is -0.311. The molecule has 2 rings (SSSR count). The summed E-state index contributed by atoms with van der Waals surface area (Å²) in [5.74, 6) is 1.80. The monoisotopic (exact) mass is 381 g/mol. The lowest BCUT2D eigenvalue weighted by atomic mass is 10.2. The Morgan fingerprint density at radius 3 is 2.54 bits per heavy atom. The summed E-state index contributed by atoms with van der Waals surface area (Å²) in [6.45, 7) is 1.28. The summed E-state index contributed by atoms with van der Waals surface area (Å²) >= 11 is 1.29. The highest BCUT2D eigenvalue weighted by molar-refractivity contribution is 7.99. The van der Waals surface area contributed by atoms with Gasteiger partial charge in [0, 0.05) is 25.8 Å². The molecule has 0 saturated carbocycles. The first-order chi connectivity index (χ1) is 12.6. The van der Waals surface area contributed by atoms with Crippen LogP contribution in [0.1, 0.15) is 6.42 Å². The molecule has 0 fully saturated rings. The Bertz CT molecular complexity index is 735. The van der Waals surface area contributed by atoms with Crippen LogP contribution in [0.25, 0.3) is 11.4 Å². The van der Waals surface area contributed by atoms with Gasteiger partial charge in [-0.25, -0.2) is 0 Å². The average Bonchev–Trinajstić information content (AvgIpc) is 3.08. The highest BCUT2D eigenvalue weighted by atomic mass is 32.2. The third-order valence-electron chi connectivity index (χ3n) is 3.64. The van der Waals surface area contributed by atoms with E-state index >= 15 is 0 Å². The number of carbonyl (C=O) groups excluding carboxylic acids is 1. The van der Waals surface area contributed by atoms with Gasteiger partial charge in [0.2, 0.25) is 0 Å². The smallest absolute Gasteiger partial charge is 0.316 e. The standard InChI is InChI=1S/C17H23N3O5S/c1-22-9-5-8-20-16(18-19-17(20)26-11-15(21)25-4)12-6-7-13(23-2)14(10-12)24-3/h6-7,10H,5,8-9,11H2,1-4H3. The number of benzene rings is 1. The maximum Gasteiger partial charge on any atom is 0.316 e. The Morgan fingerprint density at radius 2 is 1.88 bits per heavy atom. The molecule has 0 atom stereocenters. The van der Waals surface area contributed by atoms with Crippen LogP contribution in [0.4, 0.5) is 0 Å². The number of esters is 1. The van der Waals surface area contributed by atoms with Crippen LogP contribution in [0.3, 0.4) is 0 Å². The van der Waals surface area contributed by atoms with Gasteiger partial charge < -0.3 is 23.5 Å². The molecule has 0 aliphatic carbocycles. The third kappa shape index (κ3) is 4.89. The fourth-order valence-electron chi connectivity index (χ4n) is 2.34. The predicted octanol–water partition coefficient (Wildman–Crippen LogP) is 2.26. The molecule has 26 heavy (non-hydrogen) atoms. The maximum atomic E-state index is 11.4. The lowest BCUT2D eigenvalue weighted by molar-refractivity contribution is -0.137. The fourth-order valence-corrected chi connectivity index (χ4v) is 3.13. The van der Waals surface area contributed by atoms with Crippen LogP contribution in [0.15, 0.2) is 23.4 Å². The lowest BCUT2D eigenvalue weighted by Gasteiger charge is -2.12. The van der Waals surface area contributed by atoms with Crippen molar-refractivity contribution in [1.82, 2.24) is 14.8 Å². The van der Waals surface area contributed by atoms with Gasteiger partial charge >= 0.3 is 5.97 Å². The van der Waals surface area contributed by atoms with E-state index in [0.29, 0.717) is 35.6 Å². The second kappa shape index (κ2) is 10.0. The molecule has 0 aliphatic rings. The second-order valence-corrected chi connectivity index (χ2v) is 6.18. The Hall–Kier alpha value is -2.26. The van der Waals surface area contributed by atoms with E-state index in [-0.39, 0.29) is 11.7 Å². The quantitative estimate of drug-likeness (QED) is 0.352. The van der Waals surface area contributed by atoms with Crippen molar-refractivity contribution in [3.05, 3.63) is 18.2 Å². The van der Waals surface area contributed by atoms with Gasteiger partial charge in [-0.05, 0) is 24.6 Å². The number of hydrogen-bond acceptors (Lipinski definition) is 8. The molecule has 142 valence electrons. The minimum Gasteiger partial charge on any atom is -0.493 e. The summed E-state index contributed by atoms with van der Waals surface area (Å²) in [5, 5.41) is 9.18. The number of nitrogens with zero attached hydrogens (tertiary/aromatic N) is 3. The molecule has 0 spiro atoms. The van der Waals surface area contributed by atoms with E-state index in [1.54, 1.807) is 21.3 Å². The summed E-state index contributed by atoms with van der Waals surface area (Å²) in [4.78, 5) is 11.4. The van der Waals surface area contributed by atoms with Gasteiger partial charge in [-0.15, -0.1) is 10.2 Å². The van der Waals surface area contributed by atoms with Crippen molar-refractivity contribution in [3.8, 4) is 22.9 Å². The molecule has 1 aromatic heterocycles. The molecule has 8 nitrogen and oxygen atoms in total. The van der Waals surface area contributed by atoms with E-state index in [1.807, 2.05) is 22.8 Å². The van der Waals surface area contributed by atoms with Crippen LogP contribution in [0, 0.1) is 0 Å². The predicted molar refractivity (Wildman–Crippen MR) is 97.8 cm³/mol. The van der Waals surface area contributed by atoms with E-state index in [9.17, 15) is 4.79 Å². The van der Waals surface area contributed by atoms with Gasteiger partial charge in [-0.2, -0.15) is 0 Å². The van der Waals surface area contributed by atoms with Gasteiger partial charge in [0.25, 0.3) is 0 Å². The number of carbonyl (C=O) groups is 1. The normalized spacial score (nSPS) is 10.6. The number of thioether (sulfide) groups is 1. The summed E-state index contributed by atoms with van der Waals surface area (Å²) in [6, 6.07) is 5.57. The topological polar surface area (TPSA) is 84.7 Å². The number of aromatic nitrogens is 3. The maximum absolute atomic E-state index is 11.4. The van der Waals surface area contributed by atoms with Gasteiger partial charge in [-0.1, -0.05) is 11.8 Å². The number of ether oxygens (including phenoxy) is 4. The largest absolute Gasteiger partial charge is 0.493 e. The van der Waals surface area contributed by atoms with E-state index in [4.69, 9.17) is 14.2 Å². The van der Waals surface area contributed by atoms with Crippen LogP contribution in [0.5, 0.6) is 11.5 Å². The van der Waals surface area contributed by atoms with Crippen molar-refractivity contribution >= 4 is 17.7 Å². The Balaban J connectivity index is 2.34. The van der Waals surface area contributed by atoms with E-state index in [0.717, 1.165) is 12.0 Å². The highest BCUT2D eigenvalue weighted by Crippen LogP contribution is 2.33. The van der Waals surface area contributed by atoms with Gasteiger partial charge in [0.05, 0.1) is 27.1 Å². The molecule has 1 aromatic carbocycles. The zero-order valence-electron chi connectivity index (χ0n) is 15.4. The molecule has 0 saturated heterocycles. The Labute approximate surface area is 156 Å². The summed E-state index contributed by atoms with van der Waals surface area (Å²) in [5.41, 5.74) is 0.845. The Morgan fingerprint density at radius 1 is 1.12 bits per heavy atom. The van der Waals surface area contributed by atoms with Crippen molar-refractivity contribution in [2.75, 3.05) is 40.8 Å².